The lowest BCUT2D eigenvalue weighted by molar-refractivity contribution is 0.102. The van der Waals surface area contributed by atoms with Crippen LogP contribution in [0.25, 0.3) is 10.9 Å². The molecule has 3 rings (SSSR count). The SMILES string of the molecule is CC(C)(C)c1ccc(NC(=O)c2c[nH]c3ccccc3c2=O)cc1C#N. The van der Waals surface area contributed by atoms with Gasteiger partial charge in [0.2, 0.25) is 5.43 Å². The van der Waals surface area contributed by atoms with Gasteiger partial charge in [-0.1, -0.05) is 39.0 Å². The maximum Gasteiger partial charge on any atom is 0.261 e. The highest BCUT2D eigenvalue weighted by molar-refractivity contribution is 6.05. The molecule has 0 fully saturated rings. The van der Waals surface area contributed by atoms with E-state index in [1.165, 1.54) is 6.20 Å². The molecule has 5 heteroatoms. The van der Waals surface area contributed by atoms with Crippen LogP contribution in [0.3, 0.4) is 0 Å². The third-order valence-electron chi connectivity index (χ3n) is 4.24. The third-order valence-corrected chi connectivity index (χ3v) is 4.24. The number of carbonyl (C=O) groups excluding carboxylic acids is 1. The molecule has 1 amide bonds. The molecule has 26 heavy (non-hydrogen) atoms. The molecular weight excluding hydrogens is 326 g/mol. The molecule has 0 spiro atoms. The van der Waals surface area contributed by atoms with E-state index in [2.05, 4.69) is 16.4 Å². The van der Waals surface area contributed by atoms with Crippen LogP contribution in [0.15, 0.2) is 53.5 Å². The van der Waals surface area contributed by atoms with Gasteiger partial charge in [0.15, 0.2) is 0 Å². The minimum atomic E-state index is -0.510. The van der Waals surface area contributed by atoms with Gasteiger partial charge in [-0.3, -0.25) is 9.59 Å². The van der Waals surface area contributed by atoms with Gasteiger partial charge in [-0.2, -0.15) is 5.26 Å². The van der Waals surface area contributed by atoms with Gasteiger partial charge in [-0.15, -0.1) is 0 Å². The lowest BCUT2D eigenvalue weighted by atomic mass is 9.84. The van der Waals surface area contributed by atoms with Crippen molar-refractivity contribution in [3.63, 3.8) is 0 Å². The number of fused-ring (bicyclic) bond motifs is 1. The molecule has 0 aliphatic carbocycles. The van der Waals surface area contributed by atoms with E-state index in [0.29, 0.717) is 22.2 Å². The number of hydrogen-bond acceptors (Lipinski definition) is 3. The summed E-state index contributed by atoms with van der Waals surface area (Å²) in [6.45, 7) is 6.07. The van der Waals surface area contributed by atoms with Crippen LogP contribution < -0.4 is 10.7 Å². The molecular formula is C21H19N3O2. The number of nitriles is 1. The zero-order chi connectivity index (χ0) is 18.9. The molecule has 0 unspecified atom stereocenters. The van der Waals surface area contributed by atoms with E-state index >= 15 is 0 Å². The monoisotopic (exact) mass is 345 g/mol. The van der Waals surface area contributed by atoms with Crippen molar-refractivity contribution in [2.75, 3.05) is 5.32 Å². The Morgan fingerprint density at radius 1 is 1.15 bits per heavy atom. The first-order valence-corrected chi connectivity index (χ1v) is 8.27. The minimum Gasteiger partial charge on any atom is -0.360 e. The molecule has 0 aliphatic heterocycles. The number of para-hydroxylation sites is 1. The molecule has 0 saturated heterocycles. The number of carbonyl (C=O) groups is 1. The Kier molecular flexibility index (Phi) is 4.35. The Morgan fingerprint density at radius 2 is 1.88 bits per heavy atom. The average molecular weight is 345 g/mol. The molecule has 0 bridgehead atoms. The maximum atomic E-state index is 12.5. The van der Waals surface area contributed by atoms with Crippen LogP contribution in [0.1, 0.15) is 42.3 Å². The number of nitrogens with zero attached hydrogens (tertiary/aromatic N) is 1. The number of amides is 1. The minimum absolute atomic E-state index is 0.0297. The summed E-state index contributed by atoms with van der Waals surface area (Å²) in [5.74, 6) is -0.510. The Labute approximate surface area is 151 Å². The normalized spacial score (nSPS) is 11.2. The average Bonchev–Trinajstić information content (AvgIpc) is 2.61. The van der Waals surface area contributed by atoms with Crippen molar-refractivity contribution in [1.29, 1.82) is 5.26 Å². The number of aromatic amines is 1. The van der Waals surface area contributed by atoms with E-state index in [9.17, 15) is 14.9 Å². The quantitative estimate of drug-likeness (QED) is 0.737. The number of pyridine rings is 1. The van der Waals surface area contributed by atoms with E-state index in [1.807, 2.05) is 32.9 Å². The smallest absolute Gasteiger partial charge is 0.261 e. The fourth-order valence-corrected chi connectivity index (χ4v) is 2.90. The van der Waals surface area contributed by atoms with Crippen molar-refractivity contribution in [3.8, 4) is 6.07 Å². The van der Waals surface area contributed by atoms with Crippen LogP contribution in [-0.4, -0.2) is 10.9 Å². The summed E-state index contributed by atoms with van der Waals surface area (Å²) in [4.78, 5) is 28.0. The van der Waals surface area contributed by atoms with Gasteiger partial charge < -0.3 is 10.3 Å². The molecule has 0 saturated carbocycles. The summed E-state index contributed by atoms with van der Waals surface area (Å²) in [5, 5.41) is 12.6. The second-order valence-electron chi connectivity index (χ2n) is 7.15. The van der Waals surface area contributed by atoms with Crippen LogP contribution in [0.4, 0.5) is 5.69 Å². The van der Waals surface area contributed by atoms with E-state index in [-0.39, 0.29) is 16.4 Å². The van der Waals surface area contributed by atoms with Gasteiger partial charge in [-0.25, -0.2) is 0 Å². The Balaban J connectivity index is 1.95. The van der Waals surface area contributed by atoms with Crippen LogP contribution in [0.5, 0.6) is 0 Å². The largest absolute Gasteiger partial charge is 0.360 e. The fourth-order valence-electron chi connectivity index (χ4n) is 2.90. The predicted molar refractivity (Wildman–Crippen MR) is 102 cm³/mol. The van der Waals surface area contributed by atoms with Gasteiger partial charge >= 0.3 is 0 Å². The fraction of sp³-hybridized carbons (Fsp3) is 0.190. The zero-order valence-corrected chi connectivity index (χ0v) is 14.9. The molecule has 2 aromatic carbocycles. The molecule has 1 heterocycles. The van der Waals surface area contributed by atoms with Crippen LogP contribution >= 0.6 is 0 Å². The summed E-state index contributed by atoms with van der Waals surface area (Å²) in [6, 6.07) is 14.4. The number of benzene rings is 2. The van der Waals surface area contributed by atoms with Crippen molar-refractivity contribution in [2.45, 2.75) is 26.2 Å². The summed E-state index contributed by atoms with van der Waals surface area (Å²) in [7, 11) is 0. The lowest BCUT2D eigenvalue weighted by Crippen LogP contribution is -2.22. The van der Waals surface area contributed by atoms with Gasteiger partial charge in [0, 0.05) is 22.8 Å². The standard InChI is InChI=1S/C21H19N3O2/c1-21(2,3)17-9-8-14(10-13(17)11-22)24-20(26)16-12-23-18-7-5-4-6-15(18)19(16)25/h4-10,12H,1-3H3,(H,23,25)(H,24,26). The number of anilines is 1. The number of nitrogens with one attached hydrogen (secondary N) is 2. The third kappa shape index (κ3) is 3.22. The zero-order valence-electron chi connectivity index (χ0n) is 14.9. The predicted octanol–water partition coefficient (Wildman–Crippen LogP) is 3.95. The summed E-state index contributed by atoms with van der Waals surface area (Å²) >= 11 is 0. The van der Waals surface area contributed by atoms with Crippen molar-refractivity contribution in [2.24, 2.45) is 0 Å². The molecule has 2 N–H and O–H groups in total. The van der Waals surface area contributed by atoms with Crippen LogP contribution in [0.2, 0.25) is 0 Å². The van der Waals surface area contributed by atoms with Crippen molar-refractivity contribution in [3.05, 3.63) is 75.6 Å². The maximum absolute atomic E-state index is 12.5. The van der Waals surface area contributed by atoms with Gasteiger partial charge in [-0.05, 0) is 35.2 Å². The van der Waals surface area contributed by atoms with Crippen molar-refractivity contribution in [1.82, 2.24) is 4.98 Å². The number of H-pyrrole nitrogens is 1. The first-order valence-electron chi connectivity index (χ1n) is 8.27. The molecule has 0 radical (unpaired) electrons. The molecule has 3 aromatic rings. The van der Waals surface area contributed by atoms with Crippen molar-refractivity contribution < 1.29 is 4.79 Å². The van der Waals surface area contributed by atoms with E-state index in [4.69, 9.17) is 0 Å². The highest BCUT2D eigenvalue weighted by atomic mass is 16.2. The lowest BCUT2D eigenvalue weighted by Gasteiger charge is -2.21. The number of hydrogen-bond donors (Lipinski definition) is 2. The Morgan fingerprint density at radius 3 is 2.58 bits per heavy atom. The van der Waals surface area contributed by atoms with E-state index < -0.39 is 5.91 Å². The first-order chi connectivity index (χ1) is 12.3. The van der Waals surface area contributed by atoms with Gasteiger partial charge in [0.05, 0.1) is 11.6 Å². The second kappa shape index (κ2) is 6.49. The second-order valence-corrected chi connectivity index (χ2v) is 7.15. The first kappa shape index (κ1) is 17.4. The molecule has 0 atom stereocenters. The summed E-state index contributed by atoms with van der Waals surface area (Å²) in [6.07, 6.45) is 1.41. The summed E-state index contributed by atoms with van der Waals surface area (Å²) in [5.41, 5.74) is 2.08. The molecule has 130 valence electrons. The van der Waals surface area contributed by atoms with Crippen LogP contribution in [0, 0.1) is 11.3 Å². The highest BCUT2D eigenvalue weighted by Gasteiger charge is 2.19. The molecule has 5 nitrogen and oxygen atoms in total. The summed E-state index contributed by atoms with van der Waals surface area (Å²) < 4.78 is 0. The number of aromatic nitrogens is 1. The van der Waals surface area contributed by atoms with Gasteiger partial charge in [0.1, 0.15) is 5.56 Å². The topological polar surface area (TPSA) is 85.8 Å². The molecule has 1 aromatic heterocycles. The van der Waals surface area contributed by atoms with E-state index in [0.717, 1.165) is 5.56 Å². The van der Waals surface area contributed by atoms with E-state index in [1.54, 1.807) is 30.3 Å². The molecule has 0 aliphatic rings. The Bertz CT molecular complexity index is 1100. The van der Waals surface area contributed by atoms with Crippen LogP contribution in [-0.2, 0) is 5.41 Å². The van der Waals surface area contributed by atoms with Crippen molar-refractivity contribution >= 4 is 22.5 Å². The Hall–Kier alpha value is -3.39. The highest BCUT2D eigenvalue weighted by Crippen LogP contribution is 2.27. The van der Waals surface area contributed by atoms with Gasteiger partial charge in [0.25, 0.3) is 5.91 Å². The number of rotatable bonds is 2.